The highest BCUT2D eigenvalue weighted by Gasteiger charge is 2.42. The minimum Gasteiger partial charge on any atom is -0.455 e. The Balaban J connectivity index is 1.25. The molecule has 1 aromatic carbocycles. The largest absolute Gasteiger partial charge is 0.455 e. The molecule has 1 amide bonds. The molecular weight excluding hydrogens is 424 g/mol. The van der Waals surface area contributed by atoms with Gasteiger partial charge < -0.3 is 19.5 Å². The zero-order valence-electron chi connectivity index (χ0n) is 17.6. The van der Waals surface area contributed by atoms with E-state index in [0.29, 0.717) is 30.0 Å². The molecule has 2 aliphatic heterocycles. The summed E-state index contributed by atoms with van der Waals surface area (Å²) >= 11 is 0. The number of sulfonamides is 1. The number of piperidine rings is 1. The molecule has 31 heavy (non-hydrogen) atoms. The smallest absolute Gasteiger partial charge is 0.309 e. The van der Waals surface area contributed by atoms with Crippen molar-refractivity contribution < 1.29 is 32.2 Å². The third kappa shape index (κ3) is 5.12. The van der Waals surface area contributed by atoms with Crippen molar-refractivity contribution in [3.8, 4) is 11.5 Å². The average Bonchev–Trinajstić information content (AvgIpc) is 3.08. The lowest BCUT2D eigenvalue weighted by Crippen LogP contribution is -2.40. The summed E-state index contributed by atoms with van der Waals surface area (Å²) in [5, 5.41) is 2.71. The van der Waals surface area contributed by atoms with Gasteiger partial charge in [0.2, 0.25) is 10.0 Å². The highest BCUT2D eigenvalue weighted by molar-refractivity contribution is 7.88. The number of rotatable bonds is 5. The lowest BCUT2D eigenvalue weighted by atomic mass is 9.94. The Kier molecular flexibility index (Phi) is 6.11. The van der Waals surface area contributed by atoms with Crippen LogP contribution >= 0.6 is 0 Å². The van der Waals surface area contributed by atoms with Crippen LogP contribution in [0.2, 0.25) is 0 Å². The number of hydrogen-bond acceptors (Lipinski definition) is 7. The van der Waals surface area contributed by atoms with E-state index in [2.05, 4.69) is 5.32 Å². The van der Waals surface area contributed by atoms with Gasteiger partial charge >= 0.3 is 5.97 Å². The van der Waals surface area contributed by atoms with Crippen molar-refractivity contribution in [1.29, 1.82) is 0 Å². The standard InChI is InChI=1S/C21H28N2O7S/c1-31(26,27)23-11-7-15(8-12-23)20(25)28-14-19(24)22-16-5-6-17-18(13-16)30-21(29-17)9-3-2-4-10-21/h5-6,13,15H,2-4,7-12,14H2,1H3,(H,22,24). The molecule has 1 N–H and O–H groups in total. The predicted octanol–water partition coefficient (Wildman–Crippen LogP) is 2.27. The van der Waals surface area contributed by atoms with Gasteiger partial charge in [-0.25, -0.2) is 12.7 Å². The van der Waals surface area contributed by atoms with Crippen molar-refractivity contribution in [3.05, 3.63) is 18.2 Å². The van der Waals surface area contributed by atoms with Crippen LogP contribution < -0.4 is 14.8 Å². The minimum atomic E-state index is -3.25. The molecule has 9 nitrogen and oxygen atoms in total. The van der Waals surface area contributed by atoms with E-state index >= 15 is 0 Å². The van der Waals surface area contributed by atoms with Crippen molar-refractivity contribution >= 4 is 27.6 Å². The summed E-state index contributed by atoms with van der Waals surface area (Å²) in [6.45, 7) is 0.163. The quantitative estimate of drug-likeness (QED) is 0.682. The normalized spacial score (nSPS) is 21.1. The Labute approximate surface area is 182 Å². The summed E-state index contributed by atoms with van der Waals surface area (Å²) in [4.78, 5) is 24.5. The summed E-state index contributed by atoms with van der Waals surface area (Å²) in [6.07, 6.45) is 6.94. The minimum absolute atomic E-state index is 0.281. The summed E-state index contributed by atoms with van der Waals surface area (Å²) in [6, 6.07) is 5.22. The van der Waals surface area contributed by atoms with E-state index in [4.69, 9.17) is 14.2 Å². The lowest BCUT2D eigenvalue weighted by Gasteiger charge is -2.31. The van der Waals surface area contributed by atoms with Crippen molar-refractivity contribution in [2.24, 2.45) is 5.92 Å². The van der Waals surface area contributed by atoms with Gasteiger partial charge in [-0.2, -0.15) is 0 Å². The van der Waals surface area contributed by atoms with E-state index in [1.54, 1.807) is 18.2 Å². The molecule has 0 atom stereocenters. The number of esters is 1. The summed E-state index contributed by atoms with van der Waals surface area (Å²) in [5.74, 6) is -0.628. The number of nitrogens with one attached hydrogen (secondary N) is 1. The summed E-state index contributed by atoms with van der Waals surface area (Å²) < 4.78 is 41.7. The number of ether oxygens (including phenoxy) is 3. The molecule has 0 aromatic heterocycles. The molecule has 10 heteroatoms. The topological polar surface area (TPSA) is 111 Å². The second-order valence-electron chi connectivity index (χ2n) is 8.43. The van der Waals surface area contributed by atoms with Crippen molar-refractivity contribution in [3.63, 3.8) is 0 Å². The third-order valence-corrected chi connectivity index (χ3v) is 7.34. The SMILES string of the molecule is CS(=O)(=O)N1CCC(C(=O)OCC(=O)Nc2ccc3c(c2)OC2(CCCCC2)O3)CC1. The van der Waals surface area contributed by atoms with Crippen LogP contribution in [0.1, 0.15) is 44.9 Å². The molecule has 1 aromatic rings. The van der Waals surface area contributed by atoms with Crippen LogP contribution in [0.5, 0.6) is 11.5 Å². The Morgan fingerprint density at radius 3 is 2.48 bits per heavy atom. The molecule has 3 aliphatic rings. The fraction of sp³-hybridized carbons (Fsp3) is 0.619. The molecule has 1 saturated carbocycles. The van der Waals surface area contributed by atoms with Crippen LogP contribution in [0, 0.1) is 5.92 Å². The number of nitrogens with zero attached hydrogens (tertiary/aromatic N) is 1. The van der Waals surface area contributed by atoms with Gasteiger partial charge in [0.1, 0.15) is 0 Å². The Hall–Kier alpha value is -2.33. The maximum atomic E-state index is 12.2. The first kappa shape index (κ1) is 21.9. The molecule has 2 heterocycles. The van der Waals surface area contributed by atoms with Gasteiger partial charge in [-0.1, -0.05) is 6.42 Å². The van der Waals surface area contributed by atoms with Crippen LogP contribution in [0.25, 0.3) is 0 Å². The summed E-state index contributed by atoms with van der Waals surface area (Å²) in [7, 11) is -3.25. The predicted molar refractivity (Wildman–Crippen MR) is 112 cm³/mol. The number of anilines is 1. The zero-order chi connectivity index (χ0) is 22.1. The Morgan fingerprint density at radius 1 is 1.13 bits per heavy atom. The van der Waals surface area contributed by atoms with Crippen LogP contribution in [-0.2, 0) is 24.3 Å². The first-order valence-electron chi connectivity index (χ1n) is 10.7. The molecule has 1 aliphatic carbocycles. The van der Waals surface area contributed by atoms with Crippen LogP contribution in [0.3, 0.4) is 0 Å². The van der Waals surface area contributed by atoms with E-state index in [0.717, 1.165) is 31.9 Å². The average molecular weight is 453 g/mol. The number of carbonyl (C=O) groups excluding carboxylic acids is 2. The van der Waals surface area contributed by atoms with E-state index in [1.807, 2.05) is 0 Å². The number of amides is 1. The van der Waals surface area contributed by atoms with Crippen molar-refractivity contribution in [2.45, 2.75) is 50.7 Å². The van der Waals surface area contributed by atoms with Gasteiger partial charge in [0.25, 0.3) is 11.7 Å². The zero-order valence-corrected chi connectivity index (χ0v) is 18.4. The maximum absolute atomic E-state index is 12.2. The molecule has 0 radical (unpaired) electrons. The number of fused-ring (bicyclic) bond motifs is 1. The van der Waals surface area contributed by atoms with Crippen LogP contribution in [-0.4, -0.2) is 56.3 Å². The van der Waals surface area contributed by atoms with E-state index < -0.39 is 40.2 Å². The second-order valence-corrected chi connectivity index (χ2v) is 10.4. The molecular formula is C21H28N2O7S. The monoisotopic (exact) mass is 452 g/mol. The van der Waals surface area contributed by atoms with Gasteiger partial charge in [-0.15, -0.1) is 0 Å². The Morgan fingerprint density at radius 2 is 1.81 bits per heavy atom. The molecule has 0 unspecified atom stereocenters. The van der Waals surface area contributed by atoms with Gasteiger partial charge in [-0.3, -0.25) is 9.59 Å². The number of hydrogen-bond donors (Lipinski definition) is 1. The van der Waals surface area contributed by atoms with E-state index in [1.165, 1.54) is 10.7 Å². The van der Waals surface area contributed by atoms with Crippen molar-refractivity contribution in [1.82, 2.24) is 4.31 Å². The lowest BCUT2D eigenvalue weighted by molar-refractivity contribution is -0.152. The summed E-state index contributed by atoms with van der Waals surface area (Å²) in [5.41, 5.74) is 0.540. The van der Waals surface area contributed by atoms with Gasteiger partial charge in [0.05, 0.1) is 12.2 Å². The molecule has 1 saturated heterocycles. The van der Waals surface area contributed by atoms with Gasteiger partial charge in [0.15, 0.2) is 18.1 Å². The van der Waals surface area contributed by atoms with Gasteiger partial charge in [0, 0.05) is 37.7 Å². The molecule has 1 spiro atoms. The highest BCUT2D eigenvalue weighted by Crippen LogP contribution is 2.46. The molecule has 0 bridgehead atoms. The first-order valence-corrected chi connectivity index (χ1v) is 12.5. The fourth-order valence-electron chi connectivity index (χ4n) is 4.34. The number of benzene rings is 1. The first-order chi connectivity index (χ1) is 14.7. The highest BCUT2D eigenvalue weighted by atomic mass is 32.2. The molecule has 4 rings (SSSR count). The van der Waals surface area contributed by atoms with Gasteiger partial charge in [-0.05, 0) is 37.8 Å². The van der Waals surface area contributed by atoms with Crippen molar-refractivity contribution in [2.75, 3.05) is 31.3 Å². The fourth-order valence-corrected chi connectivity index (χ4v) is 5.21. The maximum Gasteiger partial charge on any atom is 0.309 e. The molecule has 2 fully saturated rings. The van der Waals surface area contributed by atoms with Crippen LogP contribution in [0.15, 0.2) is 18.2 Å². The Bertz CT molecular complexity index is 948. The molecule has 170 valence electrons. The van der Waals surface area contributed by atoms with E-state index in [-0.39, 0.29) is 13.1 Å². The second kappa shape index (κ2) is 8.66. The number of carbonyl (C=O) groups is 2. The third-order valence-electron chi connectivity index (χ3n) is 6.04. The van der Waals surface area contributed by atoms with E-state index in [9.17, 15) is 18.0 Å². The van der Waals surface area contributed by atoms with Crippen LogP contribution in [0.4, 0.5) is 5.69 Å².